The van der Waals surface area contributed by atoms with E-state index in [1.807, 2.05) is 52.5 Å². The van der Waals surface area contributed by atoms with Gasteiger partial charge in [-0.15, -0.1) is 11.3 Å². The molecular formula is C19H18N2O2S2. The largest absolute Gasteiger partial charge is 0.352 e. The normalized spacial score (nSPS) is 10.4. The Hall–Kier alpha value is -2.44. The first-order valence-electron chi connectivity index (χ1n) is 7.97. The minimum atomic E-state index is -0.0929. The summed E-state index contributed by atoms with van der Waals surface area (Å²) >= 11 is 3.13. The third-order valence-corrected chi connectivity index (χ3v) is 5.22. The third-order valence-electron chi connectivity index (χ3n) is 3.64. The van der Waals surface area contributed by atoms with Crippen molar-refractivity contribution in [1.29, 1.82) is 0 Å². The molecule has 0 atom stereocenters. The average Bonchev–Trinajstić information content (AvgIpc) is 3.32. The van der Waals surface area contributed by atoms with Gasteiger partial charge in [-0.25, -0.2) is 0 Å². The molecular weight excluding hydrogens is 352 g/mol. The minimum Gasteiger partial charge on any atom is -0.352 e. The lowest BCUT2D eigenvalue weighted by molar-refractivity contribution is -0.116. The fourth-order valence-corrected chi connectivity index (χ4v) is 3.80. The first kappa shape index (κ1) is 17.4. The van der Waals surface area contributed by atoms with Crippen LogP contribution in [0.25, 0.3) is 10.4 Å². The van der Waals surface area contributed by atoms with Gasteiger partial charge in [0.05, 0.1) is 0 Å². The van der Waals surface area contributed by atoms with Gasteiger partial charge >= 0.3 is 0 Å². The minimum absolute atomic E-state index is 0.0474. The van der Waals surface area contributed by atoms with Gasteiger partial charge in [0.15, 0.2) is 0 Å². The van der Waals surface area contributed by atoms with Gasteiger partial charge in [-0.2, -0.15) is 11.3 Å². The fourth-order valence-electron chi connectivity index (χ4n) is 2.40. The molecule has 0 aliphatic heterocycles. The van der Waals surface area contributed by atoms with Crippen LogP contribution < -0.4 is 10.6 Å². The molecule has 3 aromatic rings. The summed E-state index contributed by atoms with van der Waals surface area (Å²) in [6.07, 6.45) is 0.964. The number of benzene rings is 1. The van der Waals surface area contributed by atoms with E-state index in [-0.39, 0.29) is 11.8 Å². The molecule has 0 aliphatic rings. The van der Waals surface area contributed by atoms with Crippen molar-refractivity contribution < 1.29 is 9.59 Å². The van der Waals surface area contributed by atoms with Crippen molar-refractivity contribution in [2.45, 2.75) is 12.8 Å². The molecule has 0 unspecified atom stereocenters. The summed E-state index contributed by atoms with van der Waals surface area (Å²) in [5.41, 5.74) is 2.51. The molecule has 2 N–H and O–H groups in total. The number of carbonyl (C=O) groups excluding carboxylic acids is 2. The average molecular weight is 370 g/mol. The predicted molar refractivity (Wildman–Crippen MR) is 104 cm³/mol. The molecule has 0 aliphatic carbocycles. The van der Waals surface area contributed by atoms with Crippen molar-refractivity contribution in [2.24, 2.45) is 0 Å². The maximum atomic E-state index is 12.2. The van der Waals surface area contributed by atoms with E-state index < -0.39 is 0 Å². The van der Waals surface area contributed by atoms with Crippen molar-refractivity contribution in [2.75, 3.05) is 11.9 Å². The predicted octanol–water partition coefficient (Wildman–Crippen LogP) is 4.63. The number of anilines is 1. The van der Waals surface area contributed by atoms with E-state index in [0.717, 1.165) is 16.1 Å². The number of hydrogen-bond acceptors (Lipinski definition) is 4. The van der Waals surface area contributed by atoms with Crippen LogP contribution in [-0.2, 0) is 4.79 Å². The summed E-state index contributed by atoms with van der Waals surface area (Å²) in [4.78, 5) is 25.1. The standard InChI is InChI=1S/C19H18N2O2S2/c22-18(8-3-10-20-19(23)14-9-12-24-13-14)21-16-6-2-1-5-15(16)17-7-4-11-25-17/h1-2,4-7,9,11-13H,3,8,10H2,(H,20,23)(H,21,22). The summed E-state index contributed by atoms with van der Waals surface area (Å²) in [5, 5.41) is 11.5. The first-order valence-corrected chi connectivity index (χ1v) is 9.79. The second kappa shape index (κ2) is 8.60. The SMILES string of the molecule is O=C(CCCNC(=O)c1ccsc1)Nc1ccccc1-c1cccs1. The van der Waals surface area contributed by atoms with Crippen LogP contribution in [0.2, 0.25) is 0 Å². The number of hydrogen-bond donors (Lipinski definition) is 2. The number of amides is 2. The molecule has 0 fully saturated rings. The van der Waals surface area contributed by atoms with Crippen molar-refractivity contribution in [3.63, 3.8) is 0 Å². The molecule has 0 saturated carbocycles. The molecule has 1 aromatic carbocycles. The van der Waals surface area contributed by atoms with Gasteiger partial charge < -0.3 is 10.6 Å². The van der Waals surface area contributed by atoms with Crippen LogP contribution in [-0.4, -0.2) is 18.4 Å². The highest BCUT2D eigenvalue weighted by Gasteiger charge is 2.09. The Balaban J connectivity index is 1.48. The Kier molecular flexibility index (Phi) is 5.98. The topological polar surface area (TPSA) is 58.2 Å². The van der Waals surface area contributed by atoms with E-state index in [1.165, 1.54) is 11.3 Å². The fraction of sp³-hybridized carbons (Fsp3) is 0.158. The van der Waals surface area contributed by atoms with E-state index in [0.29, 0.717) is 24.9 Å². The monoisotopic (exact) mass is 370 g/mol. The number of carbonyl (C=O) groups is 2. The van der Waals surface area contributed by atoms with Crippen LogP contribution in [0.4, 0.5) is 5.69 Å². The van der Waals surface area contributed by atoms with Gasteiger partial charge in [0.25, 0.3) is 5.91 Å². The number of nitrogens with one attached hydrogen (secondary N) is 2. The lowest BCUT2D eigenvalue weighted by Crippen LogP contribution is -2.25. The maximum Gasteiger partial charge on any atom is 0.252 e. The van der Waals surface area contributed by atoms with E-state index in [2.05, 4.69) is 10.6 Å². The van der Waals surface area contributed by atoms with Gasteiger partial charge in [0.1, 0.15) is 0 Å². The molecule has 2 heterocycles. The van der Waals surface area contributed by atoms with Crippen molar-refractivity contribution in [1.82, 2.24) is 5.32 Å². The molecule has 2 aromatic heterocycles. The Labute approximate surface area is 154 Å². The van der Waals surface area contributed by atoms with Crippen LogP contribution in [0.5, 0.6) is 0 Å². The zero-order chi connectivity index (χ0) is 17.5. The van der Waals surface area contributed by atoms with Crippen LogP contribution in [0.3, 0.4) is 0 Å². The zero-order valence-corrected chi connectivity index (χ0v) is 15.2. The highest BCUT2D eigenvalue weighted by molar-refractivity contribution is 7.13. The van der Waals surface area contributed by atoms with Gasteiger partial charge in [-0.3, -0.25) is 9.59 Å². The molecule has 25 heavy (non-hydrogen) atoms. The maximum absolute atomic E-state index is 12.2. The molecule has 0 bridgehead atoms. The summed E-state index contributed by atoms with van der Waals surface area (Å²) in [5.74, 6) is -0.140. The molecule has 0 saturated heterocycles. The Morgan fingerprint density at radius 2 is 1.88 bits per heavy atom. The Morgan fingerprint density at radius 3 is 2.64 bits per heavy atom. The first-order chi connectivity index (χ1) is 12.2. The second-order valence-electron chi connectivity index (χ2n) is 5.44. The van der Waals surface area contributed by atoms with E-state index in [1.54, 1.807) is 17.4 Å². The smallest absolute Gasteiger partial charge is 0.252 e. The quantitative estimate of drug-likeness (QED) is 0.596. The van der Waals surface area contributed by atoms with Crippen LogP contribution in [0, 0.1) is 0 Å². The van der Waals surface area contributed by atoms with E-state index in [9.17, 15) is 9.59 Å². The molecule has 3 rings (SSSR count). The summed E-state index contributed by atoms with van der Waals surface area (Å²) in [6, 6.07) is 13.6. The molecule has 0 spiro atoms. The summed E-state index contributed by atoms with van der Waals surface area (Å²) in [7, 11) is 0. The van der Waals surface area contributed by atoms with Crippen LogP contribution in [0.1, 0.15) is 23.2 Å². The molecule has 0 radical (unpaired) electrons. The van der Waals surface area contributed by atoms with Crippen molar-refractivity contribution >= 4 is 40.2 Å². The zero-order valence-electron chi connectivity index (χ0n) is 13.5. The Bertz CT molecular complexity index is 827. The van der Waals surface area contributed by atoms with Gasteiger partial charge in [0, 0.05) is 40.0 Å². The molecule has 2 amide bonds. The highest BCUT2D eigenvalue weighted by Crippen LogP contribution is 2.31. The number of para-hydroxylation sites is 1. The van der Waals surface area contributed by atoms with Crippen LogP contribution >= 0.6 is 22.7 Å². The Morgan fingerprint density at radius 1 is 1.00 bits per heavy atom. The summed E-state index contributed by atoms with van der Waals surface area (Å²) in [6.45, 7) is 0.481. The van der Waals surface area contributed by atoms with Crippen LogP contribution in [0.15, 0.2) is 58.6 Å². The second-order valence-corrected chi connectivity index (χ2v) is 7.17. The lowest BCUT2D eigenvalue weighted by atomic mass is 10.1. The van der Waals surface area contributed by atoms with Gasteiger partial charge in [-0.1, -0.05) is 24.3 Å². The lowest BCUT2D eigenvalue weighted by Gasteiger charge is -2.10. The molecule has 6 heteroatoms. The number of thiophene rings is 2. The highest BCUT2D eigenvalue weighted by atomic mass is 32.1. The van der Waals surface area contributed by atoms with E-state index in [4.69, 9.17) is 0 Å². The van der Waals surface area contributed by atoms with E-state index >= 15 is 0 Å². The van der Waals surface area contributed by atoms with Crippen molar-refractivity contribution in [3.8, 4) is 10.4 Å². The third kappa shape index (κ3) is 4.78. The van der Waals surface area contributed by atoms with Gasteiger partial charge in [0.2, 0.25) is 5.91 Å². The van der Waals surface area contributed by atoms with Crippen molar-refractivity contribution in [3.05, 3.63) is 64.2 Å². The number of rotatable bonds is 7. The molecule has 128 valence electrons. The van der Waals surface area contributed by atoms with Gasteiger partial charge in [-0.05, 0) is 35.4 Å². The summed E-state index contributed by atoms with van der Waals surface area (Å²) < 4.78 is 0. The molecule has 4 nitrogen and oxygen atoms in total.